The maximum Gasteiger partial charge on any atom is 0.276 e. The van der Waals surface area contributed by atoms with Crippen LogP contribution in [0.5, 0.6) is 0 Å². The van der Waals surface area contributed by atoms with Crippen LogP contribution < -0.4 is 4.72 Å². The molecule has 1 N–H and O–H groups in total. The summed E-state index contributed by atoms with van der Waals surface area (Å²) >= 11 is 0. The van der Waals surface area contributed by atoms with Crippen molar-refractivity contribution in [3.8, 4) is 11.6 Å². The van der Waals surface area contributed by atoms with Crippen LogP contribution in [0, 0.1) is 5.92 Å². The Balaban J connectivity index is 1.66. The second kappa shape index (κ2) is 5.52. The summed E-state index contributed by atoms with van der Waals surface area (Å²) in [4.78, 5) is 8.17. The third-order valence-electron chi connectivity index (χ3n) is 3.40. The molecule has 10 heteroatoms. The van der Waals surface area contributed by atoms with Gasteiger partial charge in [-0.15, -0.1) is 0 Å². The van der Waals surface area contributed by atoms with Gasteiger partial charge in [-0.25, -0.2) is 22.2 Å². The molecule has 0 aliphatic heterocycles. The fraction of sp³-hybridized carbons (Fsp3) is 0.462. The van der Waals surface area contributed by atoms with Gasteiger partial charge in [0.1, 0.15) is 5.69 Å². The number of pyridine rings is 1. The average molecular weight is 344 g/mol. The molecule has 0 atom stereocenters. The summed E-state index contributed by atoms with van der Waals surface area (Å²) in [5.74, 6) is -2.18. The molecule has 1 fully saturated rings. The number of anilines is 1. The Morgan fingerprint density at radius 2 is 2.13 bits per heavy atom. The van der Waals surface area contributed by atoms with Crippen molar-refractivity contribution in [1.82, 2.24) is 15.1 Å². The molecule has 124 valence electrons. The van der Waals surface area contributed by atoms with Gasteiger partial charge in [0, 0.05) is 19.3 Å². The van der Waals surface area contributed by atoms with Gasteiger partial charge in [0.2, 0.25) is 15.9 Å². The lowest BCUT2D eigenvalue weighted by Gasteiger charge is -2.34. The Hall–Kier alpha value is -2.10. The SMILES string of the molecule is CS(=O)(=O)Nc1ccc(-c2nc(CC3CC(F)(F)C3)no2)nc1. The number of rotatable bonds is 5. The smallest absolute Gasteiger partial charge is 0.276 e. The van der Waals surface area contributed by atoms with E-state index in [9.17, 15) is 17.2 Å². The molecule has 1 saturated carbocycles. The molecule has 7 nitrogen and oxygen atoms in total. The second-order valence-corrected chi connectivity index (χ2v) is 7.40. The van der Waals surface area contributed by atoms with Crippen molar-refractivity contribution in [3.63, 3.8) is 0 Å². The monoisotopic (exact) mass is 344 g/mol. The van der Waals surface area contributed by atoms with Gasteiger partial charge in [0.25, 0.3) is 5.89 Å². The predicted molar refractivity (Wildman–Crippen MR) is 77.4 cm³/mol. The van der Waals surface area contributed by atoms with Crippen LogP contribution in [0.1, 0.15) is 18.7 Å². The van der Waals surface area contributed by atoms with E-state index in [4.69, 9.17) is 4.52 Å². The summed E-state index contributed by atoms with van der Waals surface area (Å²) in [6.07, 6.45) is 2.40. The standard InChI is InChI=1S/C13H14F2N4O3S/c1-23(20,21)19-9-2-3-10(16-7-9)12-17-11(18-22-12)4-8-5-13(14,15)6-8/h2-3,7-8,19H,4-6H2,1H3. The first-order chi connectivity index (χ1) is 10.7. The molecule has 0 aromatic carbocycles. The Morgan fingerprint density at radius 1 is 1.39 bits per heavy atom. The van der Waals surface area contributed by atoms with Gasteiger partial charge in [-0.05, 0) is 18.1 Å². The van der Waals surface area contributed by atoms with Crippen LogP contribution in [0.25, 0.3) is 11.6 Å². The van der Waals surface area contributed by atoms with Gasteiger partial charge in [-0.2, -0.15) is 4.98 Å². The summed E-state index contributed by atoms with van der Waals surface area (Å²) < 4.78 is 55.2. The molecular formula is C13H14F2N4O3S. The van der Waals surface area contributed by atoms with Crippen molar-refractivity contribution in [2.24, 2.45) is 5.92 Å². The Labute approximate surface area is 131 Å². The highest BCUT2D eigenvalue weighted by atomic mass is 32.2. The summed E-state index contributed by atoms with van der Waals surface area (Å²) in [7, 11) is -3.37. The minimum Gasteiger partial charge on any atom is -0.332 e. The molecule has 0 spiro atoms. The van der Waals surface area contributed by atoms with E-state index in [1.807, 2.05) is 0 Å². The summed E-state index contributed by atoms with van der Waals surface area (Å²) in [5, 5.41) is 3.76. The molecule has 0 radical (unpaired) electrons. The van der Waals surface area contributed by atoms with Crippen LogP contribution in [-0.4, -0.2) is 35.7 Å². The van der Waals surface area contributed by atoms with Gasteiger partial charge < -0.3 is 4.52 Å². The third kappa shape index (κ3) is 4.01. The minimum atomic E-state index is -3.37. The van der Waals surface area contributed by atoms with Crippen molar-refractivity contribution >= 4 is 15.7 Å². The van der Waals surface area contributed by atoms with Crippen molar-refractivity contribution in [2.45, 2.75) is 25.2 Å². The number of aromatic nitrogens is 3. The fourth-order valence-electron chi connectivity index (χ4n) is 2.42. The number of nitrogens with zero attached hydrogens (tertiary/aromatic N) is 3. The second-order valence-electron chi connectivity index (χ2n) is 5.66. The molecule has 1 aliphatic carbocycles. The van der Waals surface area contributed by atoms with Crippen LogP contribution in [0.4, 0.5) is 14.5 Å². The molecule has 0 saturated heterocycles. The Bertz CT molecular complexity index is 797. The van der Waals surface area contributed by atoms with E-state index >= 15 is 0 Å². The van der Waals surface area contributed by atoms with Gasteiger partial charge in [0.05, 0.1) is 18.1 Å². The molecule has 2 heterocycles. The van der Waals surface area contributed by atoms with Crippen molar-refractivity contribution in [1.29, 1.82) is 0 Å². The lowest BCUT2D eigenvalue weighted by molar-refractivity contribution is -0.110. The van der Waals surface area contributed by atoms with E-state index in [1.54, 1.807) is 0 Å². The molecule has 2 aromatic rings. The van der Waals surface area contributed by atoms with Crippen LogP contribution in [0.3, 0.4) is 0 Å². The van der Waals surface area contributed by atoms with E-state index in [0.717, 1.165) is 6.26 Å². The molecule has 0 amide bonds. The maximum absolute atomic E-state index is 12.8. The van der Waals surface area contributed by atoms with Gasteiger partial charge in [-0.1, -0.05) is 5.16 Å². The van der Waals surface area contributed by atoms with Gasteiger partial charge in [-0.3, -0.25) is 4.72 Å². The van der Waals surface area contributed by atoms with Gasteiger partial charge >= 0.3 is 0 Å². The highest BCUT2D eigenvalue weighted by Gasteiger charge is 2.45. The molecule has 23 heavy (non-hydrogen) atoms. The van der Waals surface area contributed by atoms with E-state index in [2.05, 4.69) is 19.8 Å². The quantitative estimate of drug-likeness (QED) is 0.892. The highest BCUT2D eigenvalue weighted by Crippen LogP contribution is 2.43. The summed E-state index contributed by atoms with van der Waals surface area (Å²) in [6.45, 7) is 0. The molecule has 3 rings (SSSR count). The zero-order valence-corrected chi connectivity index (χ0v) is 13.0. The summed E-state index contributed by atoms with van der Waals surface area (Å²) in [6, 6.07) is 3.04. The lowest BCUT2D eigenvalue weighted by atomic mass is 9.79. The molecule has 0 bridgehead atoms. The molecule has 2 aromatic heterocycles. The zero-order chi connectivity index (χ0) is 16.7. The van der Waals surface area contributed by atoms with Gasteiger partial charge in [0.15, 0.2) is 5.82 Å². The number of nitrogens with one attached hydrogen (secondary N) is 1. The summed E-state index contributed by atoms with van der Waals surface area (Å²) in [5.41, 5.74) is 0.689. The van der Waals surface area contributed by atoms with Crippen LogP contribution in [0.15, 0.2) is 22.9 Å². The zero-order valence-electron chi connectivity index (χ0n) is 12.2. The highest BCUT2D eigenvalue weighted by molar-refractivity contribution is 7.92. The van der Waals surface area contributed by atoms with E-state index in [0.29, 0.717) is 23.6 Å². The molecule has 1 aliphatic rings. The third-order valence-corrected chi connectivity index (χ3v) is 4.01. The Kier molecular flexibility index (Phi) is 3.78. The van der Waals surface area contributed by atoms with Crippen LogP contribution >= 0.6 is 0 Å². The normalized spacial score (nSPS) is 17.7. The van der Waals surface area contributed by atoms with Crippen molar-refractivity contribution in [3.05, 3.63) is 24.2 Å². The van der Waals surface area contributed by atoms with Crippen LogP contribution in [-0.2, 0) is 16.4 Å². The van der Waals surface area contributed by atoms with Crippen molar-refractivity contribution in [2.75, 3.05) is 11.0 Å². The first-order valence-electron chi connectivity index (χ1n) is 6.85. The maximum atomic E-state index is 12.8. The van der Waals surface area contributed by atoms with E-state index in [1.165, 1.54) is 18.3 Å². The fourth-order valence-corrected chi connectivity index (χ4v) is 2.97. The Morgan fingerprint density at radius 3 is 2.70 bits per heavy atom. The van der Waals surface area contributed by atoms with Crippen molar-refractivity contribution < 1.29 is 21.7 Å². The number of hydrogen-bond donors (Lipinski definition) is 1. The predicted octanol–water partition coefficient (Wildman–Crippen LogP) is 2.09. The first-order valence-corrected chi connectivity index (χ1v) is 8.74. The molecular weight excluding hydrogens is 330 g/mol. The van der Waals surface area contributed by atoms with E-state index < -0.39 is 15.9 Å². The first kappa shape index (κ1) is 15.8. The lowest BCUT2D eigenvalue weighted by Crippen LogP contribution is -2.36. The number of sulfonamides is 1. The number of halogens is 2. The number of hydrogen-bond acceptors (Lipinski definition) is 6. The van der Waals surface area contributed by atoms with Crippen LogP contribution in [0.2, 0.25) is 0 Å². The minimum absolute atomic E-state index is 0.134. The largest absolute Gasteiger partial charge is 0.332 e. The number of alkyl halides is 2. The average Bonchev–Trinajstić information content (AvgIpc) is 2.84. The van der Waals surface area contributed by atoms with E-state index in [-0.39, 0.29) is 24.7 Å². The topological polar surface area (TPSA) is 98.0 Å². The molecule has 0 unspecified atom stereocenters.